The smallest absolute Gasteiger partial charge is 0.305 e. The number of carbonyl (C=O) groups is 2. The number of aliphatic hydroxyl groups is 2. The van der Waals surface area contributed by atoms with Gasteiger partial charge in [-0.15, -0.1) is 0 Å². The summed E-state index contributed by atoms with van der Waals surface area (Å²) in [6.07, 6.45) is 78.5. The average Bonchev–Trinajstić information content (AvgIpc) is 3.41. The van der Waals surface area contributed by atoms with E-state index >= 15 is 0 Å². The molecule has 0 aliphatic rings. The molecule has 75 heavy (non-hydrogen) atoms. The first-order valence-electron chi connectivity index (χ1n) is 34.8. The number of hydrogen-bond acceptors (Lipinski definition) is 5. The topological polar surface area (TPSA) is 95.9 Å². The lowest BCUT2D eigenvalue weighted by Crippen LogP contribution is -2.45. The van der Waals surface area contributed by atoms with E-state index in [2.05, 4.69) is 19.2 Å². The van der Waals surface area contributed by atoms with Crippen molar-refractivity contribution in [2.75, 3.05) is 13.2 Å². The van der Waals surface area contributed by atoms with Crippen molar-refractivity contribution in [2.24, 2.45) is 0 Å². The van der Waals surface area contributed by atoms with Crippen molar-refractivity contribution in [3.05, 3.63) is 0 Å². The van der Waals surface area contributed by atoms with Crippen LogP contribution >= 0.6 is 0 Å². The monoisotopic (exact) mass is 1060 g/mol. The molecule has 2 unspecified atom stereocenters. The highest BCUT2D eigenvalue weighted by Gasteiger charge is 2.20. The SMILES string of the molecule is CCCCCCCCCCCCCCCCCCCCCCCCCC(O)C(CO)NC(=O)CCCCCCCCCCCCCCCCCCCCCOC(=O)CCCCCCCCCCCCCCCCCC. The standard InChI is InChI=1S/C69H137NO5/c1-3-5-7-9-11-13-15-17-19-21-22-23-24-25-27-30-33-37-41-45-49-53-57-61-67(72)66(65-71)70-68(73)62-58-54-50-46-42-38-34-31-28-26-29-32-36-40-44-48-52-56-60-64-75-69(74)63-59-55-51-47-43-39-35-20-18-16-14-12-10-8-6-4-2/h66-67,71-72H,3-65H2,1-2H3,(H,70,73). The fraction of sp³-hybridized carbons (Fsp3) is 0.971. The molecule has 0 aromatic heterocycles. The van der Waals surface area contributed by atoms with E-state index in [1.54, 1.807) is 0 Å². The van der Waals surface area contributed by atoms with Gasteiger partial charge in [-0.05, 0) is 25.7 Å². The van der Waals surface area contributed by atoms with Crippen LogP contribution < -0.4 is 5.32 Å². The van der Waals surface area contributed by atoms with Gasteiger partial charge in [-0.25, -0.2) is 0 Å². The Balaban J connectivity index is 3.38. The van der Waals surface area contributed by atoms with Crippen LogP contribution in [0.15, 0.2) is 0 Å². The molecule has 0 aromatic carbocycles. The Kier molecular flexibility index (Phi) is 64.4. The summed E-state index contributed by atoms with van der Waals surface area (Å²) in [6, 6.07) is -0.544. The van der Waals surface area contributed by atoms with Gasteiger partial charge in [-0.3, -0.25) is 9.59 Å². The Labute approximate surface area is 470 Å². The minimum absolute atomic E-state index is 0.0142. The summed E-state index contributed by atoms with van der Waals surface area (Å²) >= 11 is 0. The Bertz CT molecular complexity index is 1080. The van der Waals surface area contributed by atoms with Crippen LogP contribution in [0.4, 0.5) is 0 Å². The Morgan fingerprint density at radius 1 is 0.320 bits per heavy atom. The normalized spacial score (nSPS) is 12.4. The molecule has 0 saturated heterocycles. The lowest BCUT2D eigenvalue weighted by Gasteiger charge is -2.22. The Morgan fingerprint density at radius 2 is 0.547 bits per heavy atom. The van der Waals surface area contributed by atoms with Gasteiger partial charge in [0.1, 0.15) is 0 Å². The fourth-order valence-corrected chi connectivity index (χ4v) is 11.4. The number of esters is 1. The first-order valence-corrected chi connectivity index (χ1v) is 34.8. The van der Waals surface area contributed by atoms with Gasteiger partial charge in [0, 0.05) is 12.8 Å². The minimum atomic E-state index is -0.666. The first-order chi connectivity index (χ1) is 37.0. The van der Waals surface area contributed by atoms with E-state index in [4.69, 9.17) is 4.74 Å². The Morgan fingerprint density at radius 3 is 0.813 bits per heavy atom. The zero-order valence-electron chi connectivity index (χ0n) is 51.3. The van der Waals surface area contributed by atoms with E-state index in [0.717, 1.165) is 38.5 Å². The average molecular weight is 1060 g/mol. The molecule has 6 heteroatoms. The minimum Gasteiger partial charge on any atom is -0.466 e. The molecule has 0 radical (unpaired) electrons. The van der Waals surface area contributed by atoms with E-state index in [1.807, 2.05) is 0 Å². The summed E-state index contributed by atoms with van der Waals surface area (Å²) in [5.41, 5.74) is 0. The van der Waals surface area contributed by atoms with Crippen molar-refractivity contribution in [2.45, 2.75) is 418 Å². The number of unbranched alkanes of at least 4 members (excludes halogenated alkanes) is 55. The summed E-state index contributed by atoms with van der Waals surface area (Å²) in [4.78, 5) is 24.6. The van der Waals surface area contributed by atoms with Crippen LogP contribution in [0.25, 0.3) is 0 Å². The third kappa shape index (κ3) is 61.9. The molecule has 0 bridgehead atoms. The molecule has 448 valence electrons. The van der Waals surface area contributed by atoms with Gasteiger partial charge < -0.3 is 20.3 Å². The van der Waals surface area contributed by atoms with Crippen LogP contribution in [0.5, 0.6) is 0 Å². The molecule has 0 aromatic rings. The molecular formula is C69H137NO5. The summed E-state index contributed by atoms with van der Waals surface area (Å²) in [5.74, 6) is -0.0178. The second-order valence-corrected chi connectivity index (χ2v) is 24.2. The van der Waals surface area contributed by atoms with E-state index < -0.39 is 12.1 Å². The predicted octanol–water partition coefficient (Wildman–Crippen LogP) is 22.2. The number of carbonyl (C=O) groups excluding carboxylic acids is 2. The number of aliphatic hydroxyl groups excluding tert-OH is 2. The molecule has 2 atom stereocenters. The van der Waals surface area contributed by atoms with Crippen LogP contribution in [-0.2, 0) is 14.3 Å². The highest BCUT2D eigenvalue weighted by atomic mass is 16.5. The van der Waals surface area contributed by atoms with Crippen molar-refractivity contribution in [1.29, 1.82) is 0 Å². The molecule has 0 saturated carbocycles. The van der Waals surface area contributed by atoms with Gasteiger partial charge in [-0.2, -0.15) is 0 Å². The van der Waals surface area contributed by atoms with Crippen molar-refractivity contribution in [3.8, 4) is 0 Å². The second-order valence-electron chi connectivity index (χ2n) is 24.2. The number of ether oxygens (including phenoxy) is 1. The molecule has 0 aliphatic heterocycles. The maximum Gasteiger partial charge on any atom is 0.305 e. The summed E-state index contributed by atoms with van der Waals surface area (Å²) in [5, 5.41) is 23.4. The molecule has 0 spiro atoms. The predicted molar refractivity (Wildman–Crippen MR) is 329 cm³/mol. The van der Waals surface area contributed by atoms with Gasteiger partial charge in [-0.1, -0.05) is 367 Å². The van der Waals surface area contributed by atoms with Crippen LogP contribution in [0.1, 0.15) is 406 Å². The lowest BCUT2D eigenvalue weighted by molar-refractivity contribution is -0.143. The summed E-state index contributed by atoms with van der Waals surface area (Å²) in [7, 11) is 0. The van der Waals surface area contributed by atoms with Crippen LogP contribution in [0, 0.1) is 0 Å². The van der Waals surface area contributed by atoms with Crippen LogP contribution in [-0.4, -0.2) is 47.4 Å². The maximum atomic E-state index is 12.5. The van der Waals surface area contributed by atoms with Gasteiger partial charge in [0.05, 0.1) is 25.4 Å². The Hall–Kier alpha value is -1.14. The molecule has 3 N–H and O–H groups in total. The van der Waals surface area contributed by atoms with E-state index in [-0.39, 0.29) is 18.5 Å². The van der Waals surface area contributed by atoms with E-state index in [9.17, 15) is 19.8 Å². The van der Waals surface area contributed by atoms with Gasteiger partial charge in [0.15, 0.2) is 0 Å². The number of hydrogen-bond donors (Lipinski definition) is 3. The second kappa shape index (κ2) is 65.4. The van der Waals surface area contributed by atoms with Gasteiger partial charge >= 0.3 is 5.97 Å². The molecular weight excluding hydrogens is 923 g/mol. The highest BCUT2D eigenvalue weighted by molar-refractivity contribution is 5.76. The van der Waals surface area contributed by atoms with Crippen LogP contribution in [0.3, 0.4) is 0 Å². The summed E-state index contributed by atoms with van der Waals surface area (Å²) in [6.45, 7) is 5.00. The van der Waals surface area contributed by atoms with Crippen molar-refractivity contribution < 1.29 is 24.5 Å². The van der Waals surface area contributed by atoms with Crippen LogP contribution in [0.2, 0.25) is 0 Å². The number of amides is 1. The molecule has 0 aliphatic carbocycles. The first kappa shape index (κ1) is 73.9. The largest absolute Gasteiger partial charge is 0.466 e. The maximum absolute atomic E-state index is 12.5. The lowest BCUT2D eigenvalue weighted by atomic mass is 10.0. The number of nitrogens with one attached hydrogen (secondary N) is 1. The molecule has 6 nitrogen and oxygen atoms in total. The molecule has 0 fully saturated rings. The third-order valence-corrected chi connectivity index (χ3v) is 16.7. The summed E-state index contributed by atoms with van der Waals surface area (Å²) < 4.78 is 5.50. The zero-order valence-corrected chi connectivity index (χ0v) is 51.3. The highest BCUT2D eigenvalue weighted by Crippen LogP contribution is 2.19. The molecule has 0 heterocycles. The van der Waals surface area contributed by atoms with Gasteiger partial charge in [0.2, 0.25) is 5.91 Å². The molecule has 0 rings (SSSR count). The fourth-order valence-electron chi connectivity index (χ4n) is 11.4. The van der Waals surface area contributed by atoms with E-state index in [0.29, 0.717) is 25.9 Å². The molecule has 1 amide bonds. The van der Waals surface area contributed by atoms with Gasteiger partial charge in [0.25, 0.3) is 0 Å². The van der Waals surface area contributed by atoms with Crippen molar-refractivity contribution in [3.63, 3.8) is 0 Å². The quantitative estimate of drug-likeness (QED) is 0.0417. The van der Waals surface area contributed by atoms with Crippen molar-refractivity contribution >= 4 is 11.9 Å². The number of rotatable bonds is 66. The van der Waals surface area contributed by atoms with E-state index in [1.165, 1.54) is 334 Å². The third-order valence-electron chi connectivity index (χ3n) is 16.7. The zero-order chi connectivity index (χ0) is 54.3. The van der Waals surface area contributed by atoms with Crippen molar-refractivity contribution in [1.82, 2.24) is 5.32 Å².